The summed E-state index contributed by atoms with van der Waals surface area (Å²) in [5.74, 6) is -0.344. The van der Waals surface area contributed by atoms with Crippen molar-refractivity contribution in [2.45, 2.75) is 25.9 Å². The molecule has 0 saturated carbocycles. The van der Waals surface area contributed by atoms with Crippen LogP contribution in [0.4, 0.5) is 4.39 Å². The lowest BCUT2D eigenvalue weighted by Gasteiger charge is -2.34. The summed E-state index contributed by atoms with van der Waals surface area (Å²) in [4.78, 5) is 14.3. The maximum atomic E-state index is 13.7. The van der Waals surface area contributed by atoms with Crippen molar-refractivity contribution in [3.63, 3.8) is 0 Å². The minimum atomic E-state index is -0.500. The van der Waals surface area contributed by atoms with E-state index in [0.29, 0.717) is 24.2 Å². The van der Waals surface area contributed by atoms with Gasteiger partial charge < -0.3 is 10.0 Å². The highest BCUT2D eigenvalue weighted by molar-refractivity contribution is 5.94. The first-order valence-corrected chi connectivity index (χ1v) is 8.34. The first-order valence-electron chi connectivity index (χ1n) is 8.34. The second-order valence-corrected chi connectivity index (χ2v) is 6.45. The Labute approximate surface area is 141 Å². The molecular formula is C20H22FNO2. The molecule has 3 nitrogen and oxygen atoms in total. The third-order valence-electron chi connectivity index (χ3n) is 4.83. The molecule has 1 aliphatic heterocycles. The van der Waals surface area contributed by atoms with Gasteiger partial charge in [-0.05, 0) is 48.9 Å². The summed E-state index contributed by atoms with van der Waals surface area (Å²) in [7, 11) is 0. The second-order valence-electron chi connectivity index (χ2n) is 6.45. The predicted octanol–water partition coefficient (Wildman–Crippen LogP) is 3.72. The summed E-state index contributed by atoms with van der Waals surface area (Å²) in [5, 5.41) is 10.5. The van der Waals surface area contributed by atoms with Crippen LogP contribution in [0.15, 0.2) is 48.5 Å². The van der Waals surface area contributed by atoms with Gasteiger partial charge in [0.15, 0.2) is 0 Å². The van der Waals surface area contributed by atoms with E-state index in [0.717, 1.165) is 18.4 Å². The fourth-order valence-corrected chi connectivity index (χ4v) is 3.25. The monoisotopic (exact) mass is 327 g/mol. The van der Waals surface area contributed by atoms with Gasteiger partial charge in [0.1, 0.15) is 5.82 Å². The van der Waals surface area contributed by atoms with Crippen molar-refractivity contribution in [3.05, 3.63) is 71.0 Å². The predicted molar refractivity (Wildman–Crippen MR) is 91.2 cm³/mol. The Balaban J connectivity index is 1.62. The highest BCUT2D eigenvalue weighted by Gasteiger charge is 2.28. The van der Waals surface area contributed by atoms with Crippen molar-refractivity contribution in [1.29, 1.82) is 0 Å². The van der Waals surface area contributed by atoms with Crippen LogP contribution in [0.25, 0.3) is 0 Å². The van der Waals surface area contributed by atoms with Crippen molar-refractivity contribution >= 4 is 5.91 Å². The summed E-state index contributed by atoms with van der Waals surface area (Å²) >= 11 is 0. The van der Waals surface area contributed by atoms with Gasteiger partial charge in [0.05, 0.1) is 6.10 Å². The molecule has 1 amide bonds. The average Bonchev–Trinajstić information content (AvgIpc) is 2.63. The van der Waals surface area contributed by atoms with Gasteiger partial charge >= 0.3 is 0 Å². The number of rotatable bonds is 3. The van der Waals surface area contributed by atoms with Crippen LogP contribution in [0.5, 0.6) is 0 Å². The van der Waals surface area contributed by atoms with Crippen molar-refractivity contribution in [2.24, 2.45) is 5.92 Å². The van der Waals surface area contributed by atoms with Crippen molar-refractivity contribution in [1.82, 2.24) is 4.90 Å². The van der Waals surface area contributed by atoms with Crippen LogP contribution < -0.4 is 0 Å². The molecule has 1 heterocycles. The normalized spacial score (nSPS) is 16.9. The zero-order valence-electron chi connectivity index (χ0n) is 13.8. The number of hydrogen-bond donors (Lipinski definition) is 1. The molecule has 1 N–H and O–H groups in total. The zero-order chi connectivity index (χ0) is 17.1. The van der Waals surface area contributed by atoms with Crippen LogP contribution >= 0.6 is 0 Å². The van der Waals surface area contributed by atoms with E-state index in [4.69, 9.17) is 0 Å². The molecule has 1 aliphatic rings. The van der Waals surface area contributed by atoms with Gasteiger partial charge in [-0.1, -0.05) is 36.4 Å². The molecule has 0 bridgehead atoms. The number of likely N-dealkylation sites (tertiary alicyclic amines) is 1. The van der Waals surface area contributed by atoms with E-state index in [2.05, 4.69) is 0 Å². The lowest BCUT2D eigenvalue weighted by molar-refractivity contribution is 0.0462. The number of aliphatic hydroxyl groups excluding tert-OH is 1. The molecule has 0 aliphatic carbocycles. The summed E-state index contributed by atoms with van der Waals surface area (Å²) in [6, 6.07) is 14.2. The molecule has 2 aromatic carbocycles. The maximum absolute atomic E-state index is 13.7. The Morgan fingerprint density at radius 2 is 1.83 bits per heavy atom. The molecular weight excluding hydrogens is 305 g/mol. The average molecular weight is 327 g/mol. The number of hydrogen-bond acceptors (Lipinski definition) is 2. The Morgan fingerprint density at radius 1 is 1.17 bits per heavy atom. The van der Waals surface area contributed by atoms with Crippen LogP contribution in [0.1, 0.15) is 40.4 Å². The molecule has 1 unspecified atom stereocenters. The molecule has 4 heteroatoms. The summed E-state index contributed by atoms with van der Waals surface area (Å²) in [6.07, 6.45) is 0.993. The Hall–Kier alpha value is -2.20. The molecule has 3 rings (SSSR count). The summed E-state index contributed by atoms with van der Waals surface area (Å²) < 4.78 is 13.7. The lowest BCUT2D eigenvalue weighted by atomic mass is 9.87. The van der Waals surface area contributed by atoms with Gasteiger partial charge in [0, 0.05) is 18.7 Å². The number of piperidine rings is 1. The smallest absolute Gasteiger partial charge is 0.253 e. The van der Waals surface area contributed by atoms with E-state index in [9.17, 15) is 14.3 Å². The highest BCUT2D eigenvalue weighted by atomic mass is 19.1. The van der Waals surface area contributed by atoms with E-state index in [1.807, 2.05) is 30.3 Å². The number of benzene rings is 2. The zero-order valence-corrected chi connectivity index (χ0v) is 13.8. The van der Waals surface area contributed by atoms with Gasteiger partial charge in [-0.25, -0.2) is 4.39 Å². The van der Waals surface area contributed by atoms with Crippen molar-refractivity contribution in [3.8, 4) is 0 Å². The SMILES string of the molecule is Cc1ccc(C(=O)N2CCC(C(O)c3ccccc3)CC2)cc1F. The molecule has 1 atom stereocenters. The third-order valence-corrected chi connectivity index (χ3v) is 4.83. The lowest BCUT2D eigenvalue weighted by Crippen LogP contribution is -2.39. The van der Waals surface area contributed by atoms with Gasteiger partial charge in [-0.15, -0.1) is 0 Å². The first kappa shape index (κ1) is 16.7. The molecule has 1 saturated heterocycles. The Kier molecular flexibility index (Phi) is 4.95. The standard InChI is InChI=1S/C20H22FNO2/c1-14-7-8-17(13-18(14)21)20(24)22-11-9-16(10-12-22)19(23)15-5-3-2-4-6-15/h2-8,13,16,19,23H,9-12H2,1H3. The number of carbonyl (C=O) groups excluding carboxylic acids is 1. The Morgan fingerprint density at radius 3 is 2.46 bits per heavy atom. The molecule has 126 valence electrons. The molecule has 2 aromatic rings. The number of aryl methyl sites for hydroxylation is 1. The van der Waals surface area contributed by atoms with Crippen molar-refractivity contribution in [2.75, 3.05) is 13.1 Å². The van der Waals surface area contributed by atoms with Crippen LogP contribution in [-0.4, -0.2) is 29.0 Å². The summed E-state index contributed by atoms with van der Waals surface area (Å²) in [6.45, 7) is 2.85. The number of nitrogens with zero attached hydrogens (tertiary/aromatic N) is 1. The quantitative estimate of drug-likeness (QED) is 0.933. The van der Waals surface area contributed by atoms with E-state index in [1.54, 1.807) is 24.0 Å². The van der Waals surface area contributed by atoms with E-state index in [-0.39, 0.29) is 17.6 Å². The van der Waals surface area contributed by atoms with E-state index < -0.39 is 6.10 Å². The summed E-state index contributed by atoms with van der Waals surface area (Å²) in [5.41, 5.74) is 1.85. The maximum Gasteiger partial charge on any atom is 0.253 e. The van der Waals surface area contributed by atoms with Gasteiger partial charge in [0.2, 0.25) is 0 Å². The largest absolute Gasteiger partial charge is 0.388 e. The van der Waals surface area contributed by atoms with Crippen LogP contribution in [0, 0.1) is 18.7 Å². The van der Waals surface area contributed by atoms with Crippen LogP contribution in [-0.2, 0) is 0 Å². The molecule has 1 fully saturated rings. The Bertz CT molecular complexity index is 709. The van der Waals surface area contributed by atoms with Crippen LogP contribution in [0.2, 0.25) is 0 Å². The molecule has 0 spiro atoms. The fourth-order valence-electron chi connectivity index (χ4n) is 3.25. The van der Waals surface area contributed by atoms with Gasteiger partial charge in [-0.2, -0.15) is 0 Å². The highest BCUT2D eigenvalue weighted by Crippen LogP contribution is 2.31. The molecule has 0 radical (unpaired) electrons. The number of halogens is 1. The fraction of sp³-hybridized carbons (Fsp3) is 0.350. The molecule has 0 aromatic heterocycles. The topological polar surface area (TPSA) is 40.5 Å². The third kappa shape index (κ3) is 3.49. The molecule has 24 heavy (non-hydrogen) atoms. The van der Waals surface area contributed by atoms with Crippen molar-refractivity contribution < 1.29 is 14.3 Å². The minimum absolute atomic E-state index is 0.137. The van der Waals surface area contributed by atoms with Crippen LogP contribution in [0.3, 0.4) is 0 Å². The number of aliphatic hydroxyl groups is 1. The number of carbonyl (C=O) groups is 1. The number of amides is 1. The minimum Gasteiger partial charge on any atom is -0.388 e. The van der Waals surface area contributed by atoms with E-state index >= 15 is 0 Å². The van der Waals surface area contributed by atoms with E-state index in [1.165, 1.54) is 6.07 Å². The second kappa shape index (κ2) is 7.14. The first-order chi connectivity index (χ1) is 11.6. The van der Waals surface area contributed by atoms with Gasteiger partial charge in [-0.3, -0.25) is 4.79 Å². The van der Waals surface area contributed by atoms with Gasteiger partial charge in [0.25, 0.3) is 5.91 Å².